The van der Waals surface area contributed by atoms with Gasteiger partial charge in [0, 0.05) is 17.7 Å². The van der Waals surface area contributed by atoms with E-state index in [1.807, 2.05) is 25.1 Å². The van der Waals surface area contributed by atoms with E-state index in [4.69, 9.17) is 27.6 Å². The van der Waals surface area contributed by atoms with E-state index in [1.165, 1.54) is 12.1 Å². The first-order chi connectivity index (χ1) is 14.3. The first kappa shape index (κ1) is 19.9. The molecule has 0 aliphatic heterocycles. The molecule has 1 N–H and O–H groups in total. The van der Waals surface area contributed by atoms with Gasteiger partial charge in [-0.1, -0.05) is 29.3 Å². The maximum Gasteiger partial charge on any atom is 0.270 e. The number of nitrogens with one attached hydrogen (secondary N) is 1. The van der Waals surface area contributed by atoms with E-state index in [0.717, 1.165) is 11.6 Å². The monoisotopic (exact) mass is 441 g/mol. The Kier molecular flexibility index (Phi) is 5.15. The number of hydrogen-bond donors (Lipinski definition) is 1. The summed E-state index contributed by atoms with van der Waals surface area (Å²) in [6, 6.07) is 14.3. The predicted molar refractivity (Wildman–Crippen MR) is 115 cm³/mol. The third-order valence-corrected chi connectivity index (χ3v) is 5.06. The maximum absolute atomic E-state index is 12.6. The summed E-state index contributed by atoms with van der Waals surface area (Å²) in [6.45, 7) is 1.96. The fourth-order valence-corrected chi connectivity index (χ4v) is 3.33. The number of carbonyl (C=O) groups is 1. The molecule has 0 radical (unpaired) electrons. The van der Waals surface area contributed by atoms with Crippen LogP contribution in [0, 0.1) is 17.0 Å². The zero-order valence-electron chi connectivity index (χ0n) is 15.5. The molecule has 0 aliphatic rings. The van der Waals surface area contributed by atoms with E-state index in [1.54, 1.807) is 18.2 Å². The highest BCUT2D eigenvalue weighted by Gasteiger charge is 2.17. The number of anilines is 1. The number of amides is 1. The molecule has 0 saturated heterocycles. The van der Waals surface area contributed by atoms with Crippen LogP contribution in [0.15, 0.2) is 59.0 Å². The largest absolute Gasteiger partial charge is 0.436 e. The van der Waals surface area contributed by atoms with Crippen LogP contribution >= 0.6 is 23.2 Å². The summed E-state index contributed by atoms with van der Waals surface area (Å²) >= 11 is 12.3. The van der Waals surface area contributed by atoms with Crippen LogP contribution in [0.25, 0.3) is 22.6 Å². The Morgan fingerprint density at radius 1 is 1.07 bits per heavy atom. The van der Waals surface area contributed by atoms with Crippen LogP contribution in [0.4, 0.5) is 11.4 Å². The average Bonchev–Trinajstić information content (AvgIpc) is 3.12. The number of oxazole rings is 1. The van der Waals surface area contributed by atoms with Crippen molar-refractivity contribution >= 4 is 51.6 Å². The molecule has 1 amide bonds. The summed E-state index contributed by atoms with van der Waals surface area (Å²) < 4.78 is 5.82. The number of non-ortho nitro benzene ring substituents is 1. The van der Waals surface area contributed by atoms with E-state index in [-0.39, 0.29) is 16.3 Å². The molecular weight excluding hydrogens is 429 g/mol. The second-order valence-electron chi connectivity index (χ2n) is 6.56. The van der Waals surface area contributed by atoms with Gasteiger partial charge in [-0.2, -0.15) is 0 Å². The average molecular weight is 442 g/mol. The molecule has 4 aromatic rings. The minimum absolute atomic E-state index is 0.0386. The number of rotatable bonds is 4. The first-order valence-corrected chi connectivity index (χ1v) is 9.50. The molecule has 0 bridgehead atoms. The van der Waals surface area contributed by atoms with Crippen molar-refractivity contribution in [3.8, 4) is 11.5 Å². The molecule has 9 heteroatoms. The van der Waals surface area contributed by atoms with Gasteiger partial charge >= 0.3 is 0 Å². The van der Waals surface area contributed by atoms with Gasteiger partial charge in [0.15, 0.2) is 5.58 Å². The van der Waals surface area contributed by atoms with Crippen molar-refractivity contribution in [2.75, 3.05) is 5.32 Å². The van der Waals surface area contributed by atoms with Gasteiger partial charge in [-0.15, -0.1) is 0 Å². The number of nitro groups is 1. The number of hydrogen-bond acceptors (Lipinski definition) is 5. The molecule has 0 unspecified atom stereocenters. The maximum atomic E-state index is 12.6. The van der Waals surface area contributed by atoms with Crippen molar-refractivity contribution in [2.24, 2.45) is 0 Å². The Balaban J connectivity index is 1.65. The van der Waals surface area contributed by atoms with E-state index >= 15 is 0 Å². The lowest BCUT2D eigenvalue weighted by Crippen LogP contribution is -2.13. The normalized spacial score (nSPS) is 10.9. The lowest BCUT2D eigenvalue weighted by atomic mass is 10.1. The third kappa shape index (κ3) is 3.85. The van der Waals surface area contributed by atoms with Crippen LogP contribution in [0.2, 0.25) is 10.0 Å². The second-order valence-corrected chi connectivity index (χ2v) is 7.37. The van der Waals surface area contributed by atoms with Gasteiger partial charge in [0.25, 0.3) is 11.6 Å². The van der Waals surface area contributed by atoms with Crippen molar-refractivity contribution in [1.82, 2.24) is 4.98 Å². The van der Waals surface area contributed by atoms with E-state index in [2.05, 4.69) is 10.3 Å². The highest BCUT2D eigenvalue weighted by molar-refractivity contribution is 6.36. The summed E-state index contributed by atoms with van der Waals surface area (Å²) in [5, 5.41) is 13.8. The van der Waals surface area contributed by atoms with Crippen LogP contribution in [-0.4, -0.2) is 15.8 Å². The Morgan fingerprint density at radius 2 is 1.87 bits per heavy atom. The van der Waals surface area contributed by atoms with Gasteiger partial charge < -0.3 is 9.73 Å². The quantitative estimate of drug-likeness (QED) is 0.297. The van der Waals surface area contributed by atoms with Crippen molar-refractivity contribution < 1.29 is 14.1 Å². The van der Waals surface area contributed by atoms with E-state index in [9.17, 15) is 14.9 Å². The number of fused-ring (bicyclic) bond motifs is 1. The lowest BCUT2D eigenvalue weighted by molar-refractivity contribution is -0.384. The molecule has 4 rings (SSSR count). The molecule has 0 saturated carbocycles. The molecule has 30 heavy (non-hydrogen) atoms. The minimum atomic E-state index is -0.588. The van der Waals surface area contributed by atoms with Gasteiger partial charge in [-0.05, 0) is 48.9 Å². The highest BCUT2D eigenvalue weighted by Crippen LogP contribution is 2.31. The van der Waals surface area contributed by atoms with Gasteiger partial charge in [-0.3, -0.25) is 14.9 Å². The molecule has 0 spiro atoms. The number of nitrogens with zero attached hydrogens (tertiary/aromatic N) is 2. The fraction of sp³-hybridized carbons (Fsp3) is 0.0476. The van der Waals surface area contributed by atoms with Crippen LogP contribution in [0.5, 0.6) is 0 Å². The Morgan fingerprint density at radius 3 is 2.60 bits per heavy atom. The highest BCUT2D eigenvalue weighted by atomic mass is 35.5. The fourth-order valence-electron chi connectivity index (χ4n) is 2.90. The van der Waals surface area contributed by atoms with Gasteiger partial charge in [0.05, 0.1) is 26.2 Å². The smallest absolute Gasteiger partial charge is 0.270 e. The zero-order chi connectivity index (χ0) is 21.4. The summed E-state index contributed by atoms with van der Waals surface area (Å²) in [5.74, 6) is -0.168. The summed E-state index contributed by atoms with van der Waals surface area (Å²) in [4.78, 5) is 27.3. The Hall–Kier alpha value is -3.42. The number of nitro benzene ring substituents is 1. The van der Waals surface area contributed by atoms with E-state index in [0.29, 0.717) is 33.3 Å². The van der Waals surface area contributed by atoms with Crippen LogP contribution in [0.3, 0.4) is 0 Å². The summed E-state index contributed by atoms with van der Waals surface area (Å²) in [6.07, 6.45) is 0. The molecule has 1 aromatic heterocycles. The Labute approximate surface area is 180 Å². The molecule has 0 aliphatic carbocycles. The molecule has 1 heterocycles. The molecule has 7 nitrogen and oxygen atoms in total. The predicted octanol–water partition coefficient (Wildman–Crippen LogP) is 6.27. The zero-order valence-corrected chi connectivity index (χ0v) is 17.0. The first-order valence-electron chi connectivity index (χ1n) is 8.74. The summed E-state index contributed by atoms with van der Waals surface area (Å²) in [5.41, 5.74) is 3.25. The second kappa shape index (κ2) is 7.78. The third-order valence-electron chi connectivity index (χ3n) is 4.41. The topological polar surface area (TPSA) is 98.3 Å². The SMILES string of the molecule is Cc1ccc2nc(-c3ccc(Cl)c(NC(=O)c4ccc([N+](=O)[O-])cc4Cl)c3)oc2c1. The number of aryl methyl sites for hydroxylation is 1. The van der Waals surface area contributed by atoms with Crippen LogP contribution in [-0.2, 0) is 0 Å². The van der Waals surface area contributed by atoms with Crippen LogP contribution in [0.1, 0.15) is 15.9 Å². The molecular formula is C21H13Cl2N3O4. The number of carbonyl (C=O) groups excluding carboxylic acids is 1. The number of aromatic nitrogens is 1. The minimum Gasteiger partial charge on any atom is -0.436 e. The standard InChI is InChI=1S/C21H13Cl2N3O4/c1-11-2-7-17-19(8-11)30-21(25-17)12-3-6-15(22)18(9-12)24-20(27)14-5-4-13(26(28)29)10-16(14)23/h2-10H,1H3,(H,24,27). The van der Waals surface area contributed by atoms with Crippen LogP contribution < -0.4 is 5.32 Å². The lowest BCUT2D eigenvalue weighted by Gasteiger charge is -2.09. The number of benzene rings is 3. The molecule has 0 atom stereocenters. The summed E-state index contributed by atoms with van der Waals surface area (Å²) in [7, 11) is 0. The Bertz CT molecular complexity index is 1320. The molecule has 0 fully saturated rings. The van der Waals surface area contributed by atoms with Crippen molar-refractivity contribution in [3.05, 3.63) is 85.9 Å². The number of halogens is 2. The van der Waals surface area contributed by atoms with Gasteiger partial charge in [0.2, 0.25) is 5.89 Å². The van der Waals surface area contributed by atoms with Crippen molar-refractivity contribution in [1.29, 1.82) is 0 Å². The molecule has 3 aromatic carbocycles. The molecule has 150 valence electrons. The van der Waals surface area contributed by atoms with Crippen molar-refractivity contribution in [3.63, 3.8) is 0 Å². The van der Waals surface area contributed by atoms with Crippen molar-refractivity contribution in [2.45, 2.75) is 6.92 Å². The van der Waals surface area contributed by atoms with Gasteiger partial charge in [0.1, 0.15) is 5.52 Å². The van der Waals surface area contributed by atoms with Gasteiger partial charge in [-0.25, -0.2) is 4.98 Å². The van der Waals surface area contributed by atoms with E-state index < -0.39 is 10.8 Å².